The summed E-state index contributed by atoms with van der Waals surface area (Å²) in [5, 5.41) is 13.8. The Morgan fingerprint density at radius 3 is 2.44 bits per heavy atom. The van der Waals surface area contributed by atoms with E-state index in [1.807, 2.05) is 32.0 Å². The van der Waals surface area contributed by atoms with E-state index in [-0.39, 0.29) is 6.03 Å². The summed E-state index contributed by atoms with van der Waals surface area (Å²) in [5.74, 6) is -1.31. The molecule has 1 aromatic carbocycles. The fourth-order valence-electron chi connectivity index (χ4n) is 2.24. The molecule has 1 heterocycles. The van der Waals surface area contributed by atoms with Gasteiger partial charge in [0.25, 0.3) is 0 Å². The van der Waals surface area contributed by atoms with E-state index in [4.69, 9.17) is 4.84 Å². The Balaban J connectivity index is 2.10. The number of rotatable bonds is 1. The Morgan fingerprint density at radius 1 is 1.33 bits per heavy atom. The van der Waals surface area contributed by atoms with Gasteiger partial charge >= 0.3 is 6.03 Å². The Hall–Kier alpha value is -1.59. The smallest absolute Gasteiger partial charge is 0.346 e. The van der Waals surface area contributed by atoms with Crippen molar-refractivity contribution in [1.82, 2.24) is 5.06 Å². The van der Waals surface area contributed by atoms with Crippen molar-refractivity contribution >= 4 is 11.7 Å². The van der Waals surface area contributed by atoms with E-state index in [1.165, 1.54) is 5.06 Å². The largest absolute Gasteiger partial charge is 0.364 e. The van der Waals surface area contributed by atoms with E-state index in [9.17, 15) is 9.90 Å². The van der Waals surface area contributed by atoms with Gasteiger partial charge in [-0.15, -0.1) is 0 Å². The zero-order valence-electron chi connectivity index (χ0n) is 10.8. The first-order valence-corrected chi connectivity index (χ1v) is 5.88. The lowest BCUT2D eigenvalue weighted by molar-refractivity contribution is -0.256. The Morgan fingerprint density at radius 2 is 1.94 bits per heavy atom. The third-order valence-electron chi connectivity index (χ3n) is 2.81. The van der Waals surface area contributed by atoms with Gasteiger partial charge in [-0.05, 0) is 32.9 Å². The minimum atomic E-state index is -1.31. The summed E-state index contributed by atoms with van der Waals surface area (Å²) >= 11 is 0. The number of hydroxylamine groups is 2. The maximum atomic E-state index is 12.1. The van der Waals surface area contributed by atoms with Crippen LogP contribution in [0.4, 0.5) is 10.5 Å². The Bertz CT molecular complexity index is 443. The maximum absolute atomic E-state index is 12.1. The van der Waals surface area contributed by atoms with Gasteiger partial charge in [-0.25, -0.2) is 9.63 Å². The SMILES string of the molecule is CC1(C)C[C@@](C)(O)ON1C(=O)Nc1ccccc1. The number of nitrogens with one attached hydrogen (secondary N) is 1. The molecule has 98 valence electrons. The number of urea groups is 1. The highest BCUT2D eigenvalue weighted by Crippen LogP contribution is 2.36. The lowest BCUT2D eigenvalue weighted by Crippen LogP contribution is -2.44. The van der Waals surface area contributed by atoms with Crippen molar-refractivity contribution in [3.05, 3.63) is 30.3 Å². The van der Waals surface area contributed by atoms with Crippen molar-refractivity contribution in [2.45, 2.75) is 38.5 Å². The number of nitrogens with zero attached hydrogens (tertiary/aromatic N) is 1. The topological polar surface area (TPSA) is 61.8 Å². The minimum absolute atomic E-state index is 0.363. The monoisotopic (exact) mass is 250 g/mol. The molecule has 0 unspecified atom stereocenters. The van der Waals surface area contributed by atoms with Gasteiger partial charge in [-0.3, -0.25) is 0 Å². The number of aliphatic hydroxyl groups is 1. The first-order valence-electron chi connectivity index (χ1n) is 5.88. The molecule has 1 saturated heterocycles. The van der Waals surface area contributed by atoms with Gasteiger partial charge in [0, 0.05) is 12.1 Å². The quantitative estimate of drug-likeness (QED) is 0.804. The zero-order chi connectivity index (χ0) is 13.4. The molecule has 1 atom stereocenters. The van der Waals surface area contributed by atoms with Gasteiger partial charge in [-0.2, -0.15) is 5.06 Å². The first kappa shape index (κ1) is 12.9. The van der Waals surface area contributed by atoms with Crippen molar-refractivity contribution in [2.24, 2.45) is 0 Å². The van der Waals surface area contributed by atoms with Crippen molar-refractivity contribution in [3.63, 3.8) is 0 Å². The molecular formula is C13H18N2O3. The second-order valence-electron chi connectivity index (χ2n) is 5.35. The molecule has 2 N–H and O–H groups in total. The van der Waals surface area contributed by atoms with Crippen LogP contribution in [0.2, 0.25) is 0 Å². The number of hydrogen-bond acceptors (Lipinski definition) is 3. The summed E-state index contributed by atoms with van der Waals surface area (Å²) in [5.41, 5.74) is 0.135. The summed E-state index contributed by atoms with van der Waals surface area (Å²) in [6.45, 7) is 5.24. The fourth-order valence-corrected chi connectivity index (χ4v) is 2.24. The predicted molar refractivity (Wildman–Crippen MR) is 67.7 cm³/mol. The Kier molecular flexibility index (Phi) is 3.04. The molecule has 2 amide bonds. The molecule has 1 fully saturated rings. The molecule has 0 aliphatic carbocycles. The molecule has 1 aliphatic heterocycles. The molecule has 0 spiro atoms. The fraction of sp³-hybridized carbons (Fsp3) is 0.462. The number of carbonyl (C=O) groups excluding carboxylic acids is 1. The lowest BCUT2D eigenvalue weighted by Gasteiger charge is -2.28. The van der Waals surface area contributed by atoms with E-state index in [1.54, 1.807) is 19.1 Å². The average molecular weight is 250 g/mol. The maximum Gasteiger partial charge on any atom is 0.346 e. The first-order chi connectivity index (χ1) is 8.30. The number of hydrogen-bond donors (Lipinski definition) is 2. The van der Waals surface area contributed by atoms with Crippen LogP contribution in [0.3, 0.4) is 0 Å². The normalized spacial score (nSPS) is 26.1. The van der Waals surface area contributed by atoms with Gasteiger partial charge in [0.1, 0.15) is 0 Å². The van der Waals surface area contributed by atoms with Gasteiger partial charge in [0.15, 0.2) is 5.79 Å². The van der Waals surface area contributed by atoms with Crippen molar-refractivity contribution < 1.29 is 14.7 Å². The highest BCUT2D eigenvalue weighted by Gasteiger charge is 2.49. The number of benzene rings is 1. The molecular weight excluding hydrogens is 232 g/mol. The van der Waals surface area contributed by atoms with E-state index in [0.717, 1.165) is 0 Å². The van der Waals surface area contributed by atoms with E-state index in [2.05, 4.69) is 5.32 Å². The third-order valence-corrected chi connectivity index (χ3v) is 2.81. The van der Waals surface area contributed by atoms with Crippen molar-refractivity contribution in [3.8, 4) is 0 Å². The summed E-state index contributed by atoms with van der Waals surface area (Å²) in [4.78, 5) is 17.4. The molecule has 2 rings (SSSR count). The van der Waals surface area contributed by atoms with Crippen LogP contribution in [0, 0.1) is 0 Å². The van der Waals surface area contributed by atoms with Crippen molar-refractivity contribution in [1.29, 1.82) is 0 Å². The molecule has 0 radical (unpaired) electrons. The van der Waals surface area contributed by atoms with Crippen LogP contribution in [0.25, 0.3) is 0 Å². The van der Waals surface area contributed by atoms with Crippen LogP contribution in [-0.4, -0.2) is 27.5 Å². The molecule has 0 saturated carbocycles. The molecule has 1 aromatic rings. The second kappa shape index (κ2) is 4.26. The summed E-state index contributed by atoms with van der Waals surface area (Å²) in [6.07, 6.45) is 0.363. The van der Waals surface area contributed by atoms with Gasteiger partial charge in [0.05, 0.1) is 5.54 Å². The van der Waals surface area contributed by atoms with Crippen LogP contribution < -0.4 is 5.32 Å². The molecule has 1 aliphatic rings. The summed E-state index contributed by atoms with van der Waals surface area (Å²) in [6, 6.07) is 8.74. The van der Waals surface area contributed by atoms with Crippen LogP contribution in [0.5, 0.6) is 0 Å². The summed E-state index contributed by atoms with van der Waals surface area (Å²) in [7, 11) is 0. The molecule has 5 heteroatoms. The average Bonchev–Trinajstić information content (AvgIpc) is 2.48. The molecule has 0 bridgehead atoms. The van der Waals surface area contributed by atoms with Gasteiger partial charge in [0.2, 0.25) is 0 Å². The second-order valence-corrected chi connectivity index (χ2v) is 5.35. The van der Waals surface area contributed by atoms with Crippen LogP contribution in [0.1, 0.15) is 27.2 Å². The highest BCUT2D eigenvalue weighted by atomic mass is 16.8. The van der Waals surface area contributed by atoms with Crippen LogP contribution in [-0.2, 0) is 4.84 Å². The van der Waals surface area contributed by atoms with E-state index in [0.29, 0.717) is 12.1 Å². The highest BCUT2D eigenvalue weighted by molar-refractivity contribution is 5.89. The number of anilines is 1. The zero-order valence-corrected chi connectivity index (χ0v) is 10.8. The van der Waals surface area contributed by atoms with E-state index < -0.39 is 11.3 Å². The van der Waals surface area contributed by atoms with Crippen LogP contribution >= 0.6 is 0 Å². The number of para-hydroxylation sites is 1. The third kappa shape index (κ3) is 2.63. The minimum Gasteiger partial charge on any atom is -0.364 e. The predicted octanol–water partition coefficient (Wildman–Crippen LogP) is 2.34. The standard InChI is InChI=1S/C13H18N2O3/c1-12(2)9-13(3,17)18-15(12)11(16)14-10-7-5-4-6-8-10/h4-8,17H,9H2,1-3H3,(H,14,16)/t13-/m0/s1. The van der Waals surface area contributed by atoms with E-state index >= 15 is 0 Å². The van der Waals surface area contributed by atoms with Crippen molar-refractivity contribution in [2.75, 3.05) is 5.32 Å². The Labute approximate surface area is 106 Å². The molecule has 5 nitrogen and oxygen atoms in total. The number of amides is 2. The number of carbonyl (C=O) groups is 1. The lowest BCUT2D eigenvalue weighted by atomic mass is 9.97. The molecule has 0 aromatic heterocycles. The van der Waals surface area contributed by atoms with Gasteiger partial charge in [-0.1, -0.05) is 18.2 Å². The molecule has 18 heavy (non-hydrogen) atoms. The van der Waals surface area contributed by atoms with Gasteiger partial charge < -0.3 is 10.4 Å². The van der Waals surface area contributed by atoms with Crippen LogP contribution in [0.15, 0.2) is 30.3 Å². The summed E-state index contributed by atoms with van der Waals surface area (Å²) < 4.78 is 0.